The van der Waals surface area contributed by atoms with Crippen molar-refractivity contribution >= 4 is 65.3 Å². The second-order valence-corrected chi connectivity index (χ2v) is 13.2. The van der Waals surface area contributed by atoms with Crippen molar-refractivity contribution in [2.24, 2.45) is 0 Å². The second-order valence-electron chi connectivity index (χ2n) is 13.2. The van der Waals surface area contributed by atoms with Crippen molar-refractivity contribution in [3.63, 3.8) is 0 Å². The van der Waals surface area contributed by atoms with Gasteiger partial charge in [-0.15, -0.1) is 0 Å². The van der Waals surface area contributed by atoms with E-state index in [0.29, 0.717) is 17.5 Å². The van der Waals surface area contributed by atoms with Crippen molar-refractivity contribution < 1.29 is 4.42 Å². The maximum Gasteiger partial charge on any atom is 0.164 e. The van der Waals surface area contributed by atoms with Gasteiger partial charge in [0.1, 0.15) is 11.2 Å². The fourth-order valence-corrected chi connectivity index (χ4v) is 7.78. The van der Waals surface area contributed by atoms with E-state index in [0.717, 1.165) is 66.1 Å². The quantitative estimate of drug-likeness (QED) is 0.188. The van der Waals surface area contributed by atoms with Gasteiger partial charge < -0.3 is 8.98 Å². The summed E-state index contributed by atoms with van der Waals surface area (Å²) in [4.78, 5) is 15.2. The Bertz CT molecular complexity index is 3120. The third-order valence-corrected chi connectivity index (χ3v) is 10.2. The van der Waals surface area contributed by atoms with E-state index in [1.54, 1.807) is 0 Å². The molecule has 3 heterocycles. The number of para-hydroxylation sites is 1. The minimum Gasteiger partial charge on any atom is -0.455 e. The Balaban J connectivity index is 1.19. The van der Waals surface area contributed by atoms with Gasteiger partial charge in [0.15, 0.2) is 17.5 Å². The van der Waals surface area contributed by atoms with Crippen LogP contribution in [0.3, 0.4) is 0 Å². The Hall–Kier alpha value is -7.11. The summed E-state index contributed by atoms with van der Waals surface area (Å²) in [5.41, 5.74) is 7.74. The highest BCUT2D eigenvalue weighted by Crippen LogP contribution is 2.42. The molecule has 0 saturated heterocycles. The van der Waals surface area contributed by atoms with Crippen LogP contribution in [0.4, 0.5) is 0 Å². The Morgan fingerprint density at radius 1 is 0.404 bits per heavy atom. The molecule has 5 nitrogen and oxygen atoms in total. The first-order valence-corrected chi connectivity index (χ1v) is 17.4. The van der Waals surface area contributed by atoms with E-state index in [9.17, 15) is 0 Å². The molecule has 11 rings (SSSR count). The molecule has 0 amide bonds. The minimum atomic E-state index is 0.601. The van der Waals surface area contributed by atoms with Crippen LogP contribution >= 0.6 is 0 Å². The van der Waals surface area contributed by atoms with Gasteiger partial charge in [0.25, 0.3) is 0 Å². The molecule has 0 saturated carbocycles. The monoisotopic (exact) mass is 664 g/mol. The summed E-state index contributed by atoms with van der Waals surface area (Å²) in [6.07, 6.45) is 0. The topological polar surface area (TPSA) is 56.7 Å². The Morgan fingerprint density at radius 3 is 1.73 bits per heavy atom. The molecule has 8 aromatic carbocycles. The molecule has 0 unspecified atom stereocenters. The summed E-state index contributed by atoms with van der Waals surface area (Å²) in [7, 11) is 0. The normalized spacial score (nSPS) is 11.8. The van der Waals surface area contributed by atoms with E-state index < -0.39 is 0 Å². The number of rotatable bonds is 4. The SMILES string of the molecule is c1ccc(-c2nc(-c3ccccc3)nc(-c3cc4ccccc4c4oc5cc(-n6c7ccccc7c7cc8ccccc8cc76)ccc5c34)n2)cc1. The van der Waals surface area contributed by atoms with Crippen LogP contribution in [0.1, 0.15) is 0 Å². The van der Waals surface area contributed by atoms with Gasteiger partial charge in [-0.05, 0) is 52.6 Å². The summed E-state index contributed by atoms with van der Waals surface area (Å²) < 4.78 is 9.26. The van der Waals surface area contributed by atoms with E-state index in [4.69, 9.17) is 19.4 Å². The summed E-state index contributed by atoms with van der Waals surface area (Å²) in [6, 6.07) is 59.1. The smallest absolute Gasteiger partial charge is 0.164 e. The Morgan fingerprint density at radius 2 is 1.00 bits per heavy atom. The molecule has 5 heteroatoms. The maximum absolute atomic E-state index is 6.91. The first kappa shape index (κ1) is 28.7. The van der Waals surface area contributed by atoms with Crippen molar-refractivity contribution in [3.8, 4) is 39.9 Å². The fourth-order valence-electron chi connectivity index (χ4n) is 7.78. The lowest BCUT2D eigenvalue weighted by molar-refractivity contribution is 0.672. The van der Waals surface area contributed by atoms with Gasteiger partial charge in [0, 0.05) is 55.4 Å². The number of nitrogens with zero attached hydrogens (tertiary/aromatic N) is 4. The van der Waals surface area contributed by atoms with Crippen molar-refractivity contribution in [1.82, 2.24) is 19.5 Å². The standard InChI is InChI=1S/C47H28N4O/c1-3-13-29(14-4-1)45-48-46(30-15-5-2-6-16-30)50-47(49-45)39-26-33-19-9-10-20-35(33)44-43(39)37-24-23-34(28-42(37)52-44)51-40-22-12-11-21-36(40)38-25-31-17-7-8-18-32(31)27-41(38)51/h1-28H. The third-order valence-electron chi connectivity index (χ3n) is 10.2. The zero-order chi connectivity index (χ0) is 34.2. The lowest BCUT2D eigenvalue weighted by Crippen LogP contribution is -2.00. The number of furan rings is 1. The molecule has 0 fully saturated rings. The van der Waals surface area contributed by atoms with Crippen molar-refractivity contribution in [3.05, 3.63) is 170 Å². The fraction of sp³-hybridized carbons (Fsp3) is 0. The van der Waals surface area contributed by atoms with Crippen LogP contribution in [0.5, 0.6) is 0 Å². The lowest BCUT2D eigenvalue weighted by Gasteiger charge is -2.11. The molecule has 3 aromatic heterocycles. The van der Waals surface area contributed by atoms with Crippen LogP contribution in [-0.4, -0.2) is 19.5 Å². The molecule has 0 spiro atoms. The molecule has 0 aliphatic carbocycles. The van der Waals surface area contributed by atoms with E-state index in [1.807, 2.05) is 60.7 Å². The molecule has 242 valence electrons. The largest absolute Gasteiger partial charge is 0.455 e. The molecular formula is C47H28N4O. The van der Waals surface area contributed by atoms with Crippen LogP contribution in [0.15, 0.2) is 174 Å². The summed E-state index contributed by atoms with van der Waals surface area (Å²) >= 11 is 0. The van der Waals surface area contributed by atoms with Gasteiger partial charge in [0.05, 0.1) is 11.0 Å². The van der Waals surface area contributed by atoms with E-state index in [-0.39, 0.29) is 0 Å². The van der Waals surface area contributed by atoms with Crippen LogP contribution in [0.25, 0.3) is 105 Å². The first-order valence-electron chi connectivity index (χ1n) is 17.4. The highest BCUT2D eigenvalue weighted by molar-refractivity contribution is 6.21. The van der Waals surface area contributed by atoms with Crippen LogP contribution < -0.4 is 0 Å². The van der Waals surface area contributed by atoms with Gasteiger partial charge in [0.2, 0.25) is 0 Å². The molecule has 52 heavy (non-hydrogen) atoms. The molecule has 0 aliphatic rings. The van der Waals surface area contributed by atoms with Gasteiger partial charge in [-0.25, -0.2) is 15.0 Å². The molecule has 0 radical (unpaired) electrons. The Kier molecular flexibility index (Phi) is 6.18. The highest BCUT2D eigenvalue weighted by atomic mass is 16.3. The average Bonchev–Trinajstić information content (AvgIpc) is 3.76. The molecule has 0 N–H and O–H groups in total. The highest BCUT2D eigenvalue weighted by Gasteiger charge is 2.21. The van der Waals surface area contributed by atoms with Gasteiger partial charge >= 0.3 is 0 Å². The van der Waals surface area contributed by atoms with Crippen molar-refractivity contribution in [1.29, 1.82) is 0 Å². The van der Waals surface area contributed by atoms with Crippen LogP contribution in [0, 0.1) is 0 Å². The number of aromatic nitrogens is 4. The zero-order valence-electron chi connectivity index (χ0n) is 27.9. The van der Waals surface area contributed by atoms with Crippen LogP contribution in [0.2, 0.25) is 0 Å². The number of hydrogen-bond acceptors (Lipinski definition) is 4. The molecule has 0 aliphatic heterocycles. The molecule has 11 aromatic rings. The van der Waals surface area contributed by atoms with Crippen LogP contribution in [-0.2, 0) is 0 Å². The average molecular weight is 665 g/mol. The van der Waals surface area contributed by atoms with Gasteiger partial charge in [-0.3, -0.25) is 0 Å². The molecule has 0 bridgehead atoms. The number of hydrogen-bond donors (Lipinski definition) is 0. The van der Waals surface area contributed by atoms with Crippen molar-refractivity contribution in [2.75, 3.05) is 0 Å². The minimum absolute atomic E-state index is 0.601. The number of fused-ring (bicyclic) bond motifs is 9. The lowest BCUT2D eigenvalue weighted by atomic mass is 9.99. The van der Waals surface area contributed by atoms with Gasteiger partial charge in [-0.2, -0.15) is 0 Å². The van der Waals surface area contributed by atoms with Crippen molar-refractivity contribution in [2.45, 2.75) is 0 Å². The van der Waals surface area contributed by atoms with E-state index in [2.05, 4.69) is 114 Å². The predicted molar refractivity (Wildman–Crippen MR) is 213 cm³/mol. The molecule has 0 atom stereocenters. The zero-order valence-corrected chi connectivity index (χ0v) is 27.9. The summed E-state index contributed by atoms with van der Waals surface area (Å²) in [5.74, 6) is 1.85. The summed E-state index contributed by atoms with van der Waals surface area (Å²) in [5, 5.41) is 8.98. The van der Waals surface area contributed by atoms with E-state index in [1.165, 1.54) is 21.5 Å². The second kappa shape index (κ2) is 11.2. The first-order chi connectivity index (χ1) is 25.8. The molecular weight excluding hydrogens is 637 g/mol. The Labute approximate surface area is 298 Å². The predicted octanol–water partition coefficient (Wildman–Crippen LogP) is 12.2. The third kappa shape index (κ3) is 4.39. The number of benzene rings is 8. The van der Waals surface area contributed by atoms with Gasteiger partial charge in [-0.1, -0.05) is 127 Å². The van der Waals surface area contributed by atoms with E-state index >= 15 is 0 Å². The summed E-state index contributed by atoms with van der Waals surface area (Å²) in [6.45, 7) is 0. The maximum atomic E-state index is 6.91.